The first-order chi connectivity index (χ1) is 23.0. The molecule has 0 saturated carbocycles. The summed E-state index contributed by atoms with van der Waals surface area (Å²) in [4.78, 5) is 14.8. The van der Waals surface area contributed by atoms with Crippen LogP contribution in [0.5, 0.6) is 0 Å². The summed E-state index contributed by atoms with van der Waals surface area (Å²) in [5.41, 5.74) is 6.96. The maximum atomic E-state index is 12.4. The van der Waals surface area contributed by atoms with Gasteiger partial charge in [0.25, 0.3) is 0 Å². The second kappa shape index (κ2) is 15.7. The van der Waals surface area contributed by atoms with E-state index in [-0.39, 0.29) is 43.4 Å². The third kappa shape index (κ3) is 8.27. The molecule has 5 atom stereocenters. The van der Waals surface area contributed by atoms with Crippen LogP contribution < -0.4 is 10.6 Å². The molecule has 4 aromatic rings. The molecule has 6 rings (SSSR count). The van der Waals surface area contributed by atoms with Crippen LogP contribution in [0.3, 0.4) is 0 Å². The lowest BCUT2D eigenvalue weighted by Gasteiger charge is -2.43. The fourth-order valence-corrected chi connectivity index (χ4v) is 6.65. The SMILES string of the molecule is C[C@@H]1[C@H](CN2CCC[C@H]2CO)O[C@H](c2cccc(-c3cccc(CNC(=O)NCc4ccccc4)c3)c2)O[C@@H]1c1ccc(CO)cc1. The third-order valence-electron chi connectivity index (χ3n) is 9.42. The van der Waals surface area contributed by atoms with Gasteiger partial charge in [-0.1, -0.05) is 97.9 Å². The van der Waals surface area contributed by atoms with E-state index >= 15 is 0 Å². The Morgan fingerprint density at radius 1 is 0.787 bits per heavy atom. The molecule has 0 aliphatic carbocycles. The van der Waals surface area contributed by atoms with Gasteiger partial charge in [-0.15, -0.1) is 0 Å². The highest BCUT2D eigenvalue weighted by Gasteiger charge is 2.40. The summed E-state index contributed by atoms with van der Waals surface area (Å²) in [7, 11) is 0. The van der Waals surface area contributed by atoms with E-state index in [4.69, 9.17) is 9.47 Å². The third-order valence-corrected chi connectivity index (χ3v) is 9.42. The van der Waals surface area contributed by atoms with E-state index in [1.165, 1.54) is 0 Å². The van der Waals surface area contributed by atoms with E-state index < -0.39 is 6.29 Å². The Morgan fingerprint density at radius 2 is 1.49 bits per heavy atom. The molecule has 4 aromatic carbocycles. The number of amides is 2. The minimum Gasteiger partial charge on any atom is -0.395 e. The highest BCUT2D eigenvalue weighted by molar-refractivity contribution is 5.74. The number of rotatable bonds is 11. The largest absolute Gasteiger partial charge is 0.395 e. The van der Waals surface area contributed by atoms with Gasteiger partial charge in [0.15, 0.2) is 6.29 Å². The van der Waals surface area contributed by atoms with Crippen molar-refractivity contribution < 1.29 is 24.5 Å². The van der Waals surface area contributed by atoms with Gasteiger partial charge in [-0.3, -0.25) is 4.90 Å². The van der Waals surface area contributed by atoms with E-state index in [0.29, 0.717) is 13.1 Å². The van der Waals surface area contributed by atoms with Gasteiger partial charge in [0, 0.05) is 37.2 Å². The molecule has 8 nitrogen and oxygen atoms in total. The molecular weight excluding hydrogens is 590 g/mol. The molecule has 0 spiro atoms. The maximum absolute atomic E-state index is 12.4. The molecule has 4 N–H and O–H groups in total. The number of hydrogen-bond donors (Lipinski definition) is 4. The molecular formula is C39H45N3O5. The summed E-state index contributed by atoms with van der Waals surface area (Å²) in [6, 6.07) is 34.2. The first kappa shape index (κ1) is 32.9. The van der Waals surface area contributed by atoms with Gasteiger partial charge in [-0.05, 0) is 64.9 Å². The fourth-order valence-electron chi connectivity index (χ4n) is 6.65. The number of benzene rings is 4. The monoisotopic (exact) mass is 635 g/mol. The number of aliphatic hydroxyl groups excluding tert-OH is 2. The van der Waals surface area contributed by atoms with E-state index in [1.54, 1.807) is 0 Å². The molecule has 2 aliphatic heterocycles. The molecule has 8 heteroatoms. The van der Waals surface area contributed by atoms with Gasteiger partial charge < -0.3 is 30.3 Å². The number of carbonyl (C=O) groups excluding carboxylic acids is 1. The minimum atomic E-state index is -0.577. The summed E-state index contributed by atoms with van der Waals surface area (Å²) in [5.74, 6) is 0.0726. The Kier molecular flexibility index (Phi) is 11.0. The number of hydrogen-bond acceptors (Lipinski definition) is 6. The predicted octanol–water partition coefficient (Wildman–Crippen LogP) is 6.09. The predicted molar refractivity (Wildman–Crippen MR) is 182 cm³/mol. The second-order valence-corrected chi connectivity index (χ2v) is 12.6. The molecule has 246 valence electrons. The number of nitrogens with zero attached hydrogens (tertiary/aromatic N) is 1. The van der Waals surface area contributed by atoms with Crippen molar-refractivity contribution in [2.24, 2.45) is 5.92 Å². The van der Waals surface area contributed by atoms with Crippen molar-refractivity contribution in [3.05, 3.63) is 131 Å². The van der Waals surface area contributed by atoms with Crippen molar-refractivity contribution in [2.45, 2.75) is 64.0 Å². The van der Waals surface area contributed by atoms with Crippen LogP contribution in [0.25, 0.3) is 11.1 Å². The minimum absolute atomic E-state index is 0.00125. The zero-order chi connectivity index (χ0) is 32.6. The van der Waals surface area contributed by atoms with Crippen LogP contribution in [0.1, 0.15) is 60.0 Å². The van der Waals surface area contributed by atoms with Gasteiger partial charge in [0.05, 0.1) is 25.4 Å². The summed E-state index contributed by atoms with van der Waals surface area (Å²) in [6.45, 7) is 4.89. The average molecular weight is 636 g/mol. The number of nitrogens with one attached hydrogen (secondary N) is 2. The standard InChI is InChI=1S/C39H45N3O5/c1-27-36(24-42-19-7-14-35(42)26-44)46-38(47-37(27)31-17-15-29(25-43)16-18-31)34-13-6-12-33(21-34)32-11-5-10-30(20-32)23-41-39(45)40-22-28-8-3-2-4-9-28/h2-6,8-13,15-18,20-21,27,35-38,43-44H,7,14,19,22-26H2,1H3,(H2,40,41,45)/t27-,35+,36+,37+,38+/m1/s1. The molecule has 2 amide bonds. The molecule has 2 heterocycles. The summed E-state index contributed by atoms with van der Waals surface area (Å²) in [5, 5.41) is 25.4. The van der Waals surface area contributed by atoms with Crippen molar-refractivity contribution >= 4 is 6.03 Å². The van der Waals surface area contributed by atoms with Crippen LogP contribution >= 0.6 is 0 Å². The van der Waals surface area contributed by atoms with E-state index in [1.807, 2.05) is 78.9 Å². The van der Waals surface area contributed by atoms with Crippen LogP contribution in [-0.4, -0.2) is 53.0 Å². The van der Waals surface area contributed by atoms with Gasteiger partial charge in [-0.25, -0.2) is 4.79 Å². The molecule has 0 bridgehead atoms. The summed E-state index contributed by atoms with van der Waals surface area (Å²) >= 11 is 0. The number of ether oxygens (including phenoxy) is 2. The number of urea groups is 1. The number of likely N-dealkylation sites (tertiary alicyclic amines) is 1. The van der Waals surface area contributed by atoms with Crippen LogP contribution in [0.4, 0.5) is 4.79 Å². The number of aliphatic hydroxyl groups is 2. The summed E-state index contributed by atoms with van der Waals surface area (Å²) < 4.78 is 13.5. The average Bonchev–Trinajstić information content (AvgIpc) is 3.58. The molecule has 0 aromatic heterocycles. The highest BCUT2D eigenvalue weighted by atomic mass is 16.7. The Labute approximate surface area is 277 Å². The molecule has 0 unspecified atom stereocenters. The lowest BCUT2D eigenvalue weighted by atomic mass is 9.89. The lowest BCUT2D eigenvalue weighted by molar-refractivity contribution is -0.276. The molecule has 2 saturated heterocycles. The van der Waals surface area contributed by atoms with Crippen molar-refractivity contribution in [1.82, 2.24) is 15.5 Å². The quantitative estimate of drug-likeness (QED) is 0.159. The normalized spacial score (nSPS) is 23.0. The summed E-state index contributed by atoms with van der Waals surface area (Å²) in [6.07, 6.45) is 1.19. The lowest BCUT2D eigenvalue weighted by Crippen LogP contribution is -2.46. The van der Waals surface area contributed by atoms with Crippen LogP contribution in [-0.2, 0) is 29.2 Å². The Hall–Kier alpha value is -4.05. The van der Waals surface area contributed by atoms with E-state index in [2.05, 4.69) is 46.7 Å². The first-order valence-electron chi connectivity index (χ1n) is 16.6. The molecule has 2 aliphatic rings. The smallest absolute Gasteiger partial charge is 0.315 e. The number of carbonyl (C=O) groups is 1. The van der Waals surface area contributed by atoms with Gasteiger partial charge in [0.2, 0.25) is 0 Å². The molecule has 0 radical (unpaired) electrons. The van der Waals surface area contributed by atoms with E-state index in [0.717, 1.165) is 64.9 Å². The van der Waals surface area contributed by atoms with Crippen molar-refractivity contribution in [3.63, 3.8) is 0 Å². The van der Waals surface area contributed by atoms with Crippen LogP contribution in [0.2, 0.25) is 0 Å². The molecule has 47 heavy (non-hydrogen) atoms. The van der Waals surface area contributed by atoms with Crippen molar-refractivity contribution in [3.8, 4) is 11.1 Å². The van der Waals surface area contributed by atoms with Crippen molar-refractivity contribution in [2.75, 3.05) is 19.7 Å². The Morgan fingerprint density at radius 3 is 2.23 bits per heavy atom. The van der Waals surface area contributed by atoms with Crippen LogP contribution in [0, 0.1) is 5.92 Å². The van der Waals surface area contributed by atoms with Crippen molar-refractivity contribution in [1.29, 1.82) is 0 Å². The van der Waals surface area contributed by atoms with E-state index in [9.17, 15) is 15.0 Å². The van der Waals surface area contributed by atoms with Crippen LogP contribution in [0.15, 0.2) is 103 Å². The second-order valence-electron chi connectivity index (χ2n) is 12.6. The Bertz CT molecular complexity index is 1600. The zero-order valence-corrected chi connectivity index (χ0v) is 26.9. The van der Waals surface area contributed by atoms with Gasteiger partial charge >= 0.3 is 6.03 Å². The highest BCUT2D eigenvalue weighted by Crippen LogP contribution is 2.43. The Balaban J connectivity index is 1.17. The topological polar surface area (TPSA) is 103 Å². The fraction of sp³-hybridized carbons (Fsp3) is 0.359. The molecule has 2 fully saturated rings. The maximum Gasteiger partial charge on any atom is 0.315 e. The van der Waals surface area contributed by atoms with Gasteiger partial charge in [0.1, 0.15) is 0 Å². The first-order valence-corrected chi connectivity index (χ1v) is 16.6. The van der Waals surface area contributed by atoms with Gasteiger partial charge in [-0.2, -0.15) is 0 Å². The zero-order valence-electron chi connectivity index (χ0n) is 26.9.